The number of aliphatic hydroxyl groups is 1. The molecule has 20 heavy (non-hydrogen) atoms. The minimum Gasteiger partial charge on any atom is -0.378 e. The van der Waals surface area contributed by atoms with Crippen LogP contribution in [0.4, 0.5) is 5.69 Å². The Morgan fingerprint density at radius 3 is 2.60 bits per heavy atom. The van der Waals surface area contributed by atoms with Crippen molar-refractivity contribution in [1.29, 1.82) is 0 Å². The average molecular weight is 272 g/mol. The SMILES string of the molecule is C=C1CCN(c2ccccc2CN2CCCC2O)CC1. The van der Waals surface area contributed by atoms with E-state index in [1.807, 2.05) is 0 Å². The molecule has 0 spiro atoms. The van der Waals surface area contributed by atoms with Gasteiger partial charge in [-0.25, -0.2) is 0 Å². The monoisotopic (exact) mass is 272 g/mol. The molecule has 1 atom stereocenters. The van der Waals surface area contributed by atoms with Crippen molar-refractivity contribution in [2.24, 2.45) is 0 Å². The van der Waals surface area contributed by atoms with Crippen LogP contribution in [0.25, 0.3) is 0 Å². The summed E-state index contributed by atoms with van der Waals surface area (Å²) in [6.45, 7) is 8.09. The largest absolute Gasteiger partial charge is 0.378 e. The summed E-state index contributed by atoms with van der Waals surface area (Å²) in [5.41, 5.74) is 4.04. The van der Waals surface area contributed by atoms with Crippen molar-refractivity contribution >= 4 is 5.69 Å². The molecular formula is C17H24N2O. The Labute approximate surface area is 121 Å². The van der Waals surface area contributed by atoms with Crippen LogP contribution in [0.1, 0.15) is 31.2 Å². The van der Waals surface area contributed by atoms with Gasteiger partial charge >= 0.3 is 0 Å². The number of hydrogen-bond donors (Lipinski definition) is 1. The summed E-state index contributed by atoms with van der Waals surface area (Å²) in [6, 6.07) is 8.63. The van der Waals surface area contributed by atoms with Crippen LogP contribution >= 0.6 is 0 Å². The fourth-order valence-corrected chi connectivity index (χ4v) is 3.23. The van der Waals surface area contributed by atoms with Crippen LogP contribution in [0.3, 0.4) is 0 Å². The van der Waals surface area contributed by atoms with Gasteiger partial charge in [-0.1, -0.05) is 30.4 Å². The van der Waals surface area contributed by atoms with Gasteiger partial charge in [0.25, 0.3) is 0 Å². The van der Waals surface area contributed by atoms with E-state index >= 15 is 0 Å². The first-order valence-corrected chi connectivity index (χ1v) is 7.65. The third-order valence-electron chi connectivity index (χ3n) is 4.51. The standard InChI is InChI=1S/C17H24N2O/c1-14-8-11-18(12-9-14)16-6-3-2-5-15(16)13-19-10-4-7-17(19)20/h2-3,5-6,17,20H,1,4,7-13H2. The zero-order valence-corrected chi connectivity index (χ0v) is 12.1. The van der Waals surface area contributed by atoms with Crippen LogP contribution in [0.15, 0.2) is 36.4 Å². The van der Waals surface area contributed by atoms with Crippen LogP contribution in [-0.2, 0) is 6.54 Å². The highest BCUT2D eigenvalue weighted by Crippen LogP contribution is 2.28. The van der Waals surface area contributed by atoms with Crippen molar-refractivity contribution in [3.8, 4) is 0 Å². The summed E-state index contributed by atoms with van der Waals surface area (Å²) in [6.07, 6.45) is 3.95. The van der Waals surface area contributed by atoms with Gasteiger partial charge in [-0.2, -0.15) is 0 Å². The van der Waals surface area contributed by atoms with Crippen LogP contribution in [-0.4, -0.2) is 35.9 Å². The van der Waals surface area contributed by atoms with Crippen molar-refractivity contribution in [2.75, 3.05) is 24.5 Å². The Morgan fingerprint density at radius 1 is 1.15 bits per heavy atom. The van der Waals surface area contributed by atoms with Gasteiger partial charge in [0.1, 0.15) is 6.23 Å². The third kappa shape index (κ3) is 2.89. The number of benzene rings is 1. The van der Waals surface area contributed by atoms with E-state index in [1.165, 1.54) is 16.8 Å². The maximum absolute atomic E-state index is 9.99. The number of para-hydroxylation sites is 1. The van der Waals surface area contributed by atoms with E-state index in [1.54, 1.807) is 0 Å². The van der Waals surface area contributed by atoms with Crippen LogP contribution < -0.4 is 4.90 Å². The van der Waals surface area contributed by atoms with Crippen LogP contribution in [0, 0.1) is 0 Å². The summed E-state index contributed by atoms with van der Waals surface area (Å²) >= 11 is 0. The fourth-order valence-electron chi connectivity index (χ4n) is 3.23. The van der Waals surface area contributed by atoms with Crippen LogP contribution in [0.2, 0.25) is 0 Å². The predicted octanol–water partition coefficient (Wildman–Crippen LogP) is 2.76. The number of rotatable bonds is 3. The molecule has 0 amide bonds. The van der Waals surface area contributed by atoms with Crippen molar-refractivity contribution in [3.63, 3.8) is 0 Å². The van der Waals surface area contributed by atoms with Gasteiger partial charge in [0.15, 0.2) is 0 Å². The molecule has 3 heteroatoms. The summed E-state index contributed by atoms with van der Waals surface area (Å²) in [5.74, 6) is 0. The summed E-state index contributed by atoms with van der Waals surface area (Å²) < 4.78 is 0. The predicted molar refractivity (Wildman–Crippen MR) is 82.7 cm³/mol. The van der Waals surface area contributed by atoms with E-state index in [0.717, 1.165) is 51.9 Å². The Kier molecular flexibility index (Phi) is 4.08. The van der Waals surface area contributed by atoms with Gasteiger partial charge in [-0.3, -0.25) is 4.90 Å². The lowest BCUT2D eigenvalue weighted by molar-refractivity contribution is 0.0329. The number of likely N-dealkylation sites (tertiary alicyclic amines) is 1. The molecule has 1 aromatic carbocycles. The van der Waals surface area contributed by atoms with Gasteiger partial charge in [0.05, 0.1) is 0 Å². The Balaban J connectivity index is 1.75. The molecule has 0 aliphatic carbocycles. The van der Waals surface area contributed by atoms with Gasteiger partial charge in [-0.05, 0) is 37.3 Å². The lowest BCUT2D eigenvalue weighted by atomic mass is 10.0. The molecule has 0 aromatic heterocycles. The normalized spacial score (nSPS) is 24.4. The maximum atomic E-state index is 9.99. The molecule has 3 nitrogen and oxygen atoms in total. The quantitative estimate of drug-likeness (QED) is 0.857. The number of anilines is 1. The molecule has 3 rings (SSSR count). The van der Waals surface area contributed by atoms with Gasteiger partial charge in [0.2, 0.25) is 0 Å². The van der Waals surface area contributed by atoms with E-state index in [9.17, 15) is 5.11 Å². The number of piperidine rings is 1. The molecule has 0 radical (unpaired) electrons. The van der Waals surface area contributed by atoms with Gasteiger partial charge in [-0.15, -0.1) is 0 Å². The molecule has 2 fully saturated rings. The molecule has 0 saturated carbocycles. The Morgan fingerprint density at radius 2 is 1.90 bits per heavy atom. The number of aliphatic hydroxyl groups excluding tert-OH is 1. The Hall–Kier alpha value is -1.32. The number of hydrogen-bond acceptors (Lipinski definition) is 3. The van der Waals surface area contributed by atoms with Crippen molar-refractivity contribution in [1.82, 2.24) is 4.90 Å². The van der Waals surface area contributed by atoms with E-state index < -0.39 is 0 Å². The molecule has 2 aliphatic heterocycles. The van der Waals surface area contributed by atoms with E-state index in [4.69, 9.17) is 0 Å². The minimum absolute atomic E-state index is 0.260. The third-order valence-corrected chi connectivity index (χ3v) is 4.51. The molecule has 0 bridgehead atoms. The lowest BCUT2D eigenvalue weighted by Crippen LogP contribution is -2.33. The second-order valence-corrected chi connectivity index (χ2v) is 5.96. The highest BCUT2D eigenvalue weighted by molar-refractivity contribution is 5.54. The smallest absolute Gasteiger partial charge is 0.107 e. The molecule has 1 aromatic rings. The first-order valence-electron chi connectivity index (χ1n) is 7.65. The molecule has 1 N–H and O–H groups in total. The first kappa shape index (κ1) is 13.7. The summed E-state index contributed by atoms with van der Waals surface area (Å²) in [7, 11) is 0. The topological polar surface area (TPSA) is 26.7 Å². The second-order valence-electron chi connectivity index (χ2n) is 5.96. The minimum atomic E-state index is -0.260. The van der Waals surface area contributed by atoms with E-state index in [2.05, 4.69) is 40.6 Å². The molecule has 108 valence electrons. The molecule has 2 saturated heterocycles. The molecule has 2 heterocycles. The molecule has 1 unspecified atom stereocenters. The Bertz CT molecular complexity index is 476. The second kappa shape index (κ2) is 5.98. The van der Waals surface area contributed by atoms with Crippen molar-refractivity contribution in [3.05, 3.63) is 42.0 Å². The highest BCUT2D eigenvalue weighted by atomic mass is 16.3. The molecule has 2 aliphatic rings. The van der Waals surface area contributed by atoms with E-state index in [0.29, 0.717) is 0 Å². The van der Waals surface area contributed by atoms with Crippen molar-refractivity contribution < 1.29 is 5.11 Å². The fraction of sp³-hybridized carbons (Fsp3) is 0.529. The number of nitrogens with zero attached hydrogens (tertiary/aromatic N) is 2. The average Bonchev–Trinajstić information content (AvgIpc) is 2.86. The zero-order valence-electron chi connectivity index (χ0n) is 12.1. The van der Waals surface area contributed by atoms with Crippen LogP contribution in [0.5, 0.6) is 0 Å². The maximum Gasteiger partial charge on any atom is 0.107 e. The zero-order chi connectivity index (χ0) is 13.9. The summed E-state index contributed by atoms with van der Waals surface area (Å²) in [4.78, 5) is 4.65. The van der Waals surface area contributed by atoms with Crippen molar-refractivity contribution in [2.45, 2.75) is 38.5 Å². The lowest BCUT2D eigenvalue weighted by Gasteiger charge is -2.32. The van der Waals surface area contributed by atoms with Gasteiger partial charge in [0, 0.05) is 31.9 Å². The highest BCUT2D eigenvalue weighted by Gasteiger charge is 2.24. The summed E-state index contributed by atoms with van der Waals surface area (Å²) in [5, 5.41) is 9.99. The van der Waals surface area contributed by atoms with Gasteiger partial charge < -0.3 is 10.0 Å². The first-order chi connectivity index (χ1) is 9.74. The molecular weight excluding hydrogens is 248 g/mol. The van der Waals surface area contributed by atoms with E-state index in [-0.39, 0.29) is 6.23 Å².